The van der Waals surface area contributed by atoms with E-state index in [0.29, 0.717) is 56.3 Å². The number of benzene rings is 5. The highest BCUT2D eigenvalue weighted by atomic mass is 32.2. The molecule has 0 aliphatic heterocycles. The van der Waals surface area contributed by atoms with Gasteiger partial charge in [0.05, 0.1) is 31.3 Å². The molecule has 1 fully saturated rings. The van der Waals surface area contributed by atoms with Crippen LogP contribution in [0.25, 0.3) is 0 Å². The molecule has 22 heteroatoms. The first kappa shape index (κ1) is 92.5. The highest BCUT2D eigenvalue weighted by molar-refractivity contribution is 7.89. The molecule has 103 heavy (non-hydrogen) atoms. The van der Waals surface area contributed by atoms with Crippen LogP contribution in [0.5, 0.6) is 0 Å². The van der Waals surface area contributed by atoms with Crippen LogP contribution in [0.2, 0.25) is 0 Å². The topological polar surface area (TPSA) is 305 Å². The third-order valence-electron chi connectivity index (χ3n) is 15.5. The molecule has 0 saturated heterocycles. The van der Waals surface area contributed by atoms with Crippen molar-refractivity contribution in [3.63, 3.8) is 0 Å². The number of methoxy groups -OCH3 is 2. The zero-order valence-corrected chi connectivity index (χ0v) is 65.4. The van der Waals surface area contributed by atoms with Gasteiger partial charge in [0.2, 0.25) is 27.7 Å². The molecule has 1 aliphatic carbocycles. The van der Waals surface area contributed by atoms with Crippen molar-refractivity contribution in [1.82, 2.24) is 15.0 Å². The van der Waals surface area contributed by atoms with E-state index >= 15 is 0 Å². The van der Waals surface area contributed by atoms with Crippen LogP contribution in [0.4, 0.5) is 32.5 Å². The van der Waals surface area contributed by atoms with Crippen LogP contribution in [0.1, 0.15) is 209 Å². The maximum Gasteiger partial charge on any atom is 0.412 e. The quantitative estimate of drug-likeness (QED) is 0.0276. The minimum absolute atomic E-state index is 0. The number of pyridine rings is 1. The summed E-state index contributed by atoms with van der Waals surface area (Å²) in [6, 6.07) is 41.7. The van der Waals surface area contributed by atoms with Crippen LogP contribution in [-0.4, -0.2) is 115 Å². The molecule has 21 nitrogen and oxygen atoms in total. The first-order chi connectivity index (χ1) is 47.2. The number of nitrogens with one attached hydrogen (secondary N) is 6. The van der Waals surface area contributed by atoms with Gasteiger partial charge in [-0.2, -0.15) is 0 Å². The lowest BCUT2D eigenvalue weighted by molar-refractivity contribution is -0.132. The van der Waals surface area contributed by atoms with E-state index in [4.69, 9.17) is 29.8 Å². The summed E-state index contributed by atoms with van der Waals surface area (Å²) in [6.45, 7) is 43.7. The Morgan fingerprint density at radius 3 is 1.36 bits per heavy atom. The smallest absolute Gasteiger partial charge is 0.412 e. The number of carbonyl (C=O) groups excluding carboxylic acids is 6. The normalized spacial score (nSPS) is 12.3. The standard InChI is InChI=1S/C15H20N2O2.C14H21NO3.C14H21NO2.C13H20N2O2.C12H19NO3S.C12H17NO.CH4/c1-14(2,3)10-4-6-11(7-5-10)17-13(19)15(8-9-15)12(16)18;1-14(2,3)11-6-5-7-12(10-11)15-13(16)18-9-8-17-4;1-14(2,3)12-7-5-6-11(10-12)13(16)15-8-9-17-4;1-5-8-17-12(16)15-11-7-6-10(9-14-11)13(2,3)4;1-12(2,3)10-4-6-11(7-5-10)17(15,16)13-8-9-14;1-9(14)13-11-7-5-10(6-8-11)12(2,3)4;/h4-7H,8-9H2,1-3H3,(H2,16,18)(H,17,19);5-7,10H,8-9H2,1-4H3,(H,15,16);5-7,10H,8-9H2,1-4H3,(H,15,16);6-7,9H,5,8H2,1-4H3,(H,14,15,16);4-7,13-14H,8-9H2,1-3H3;5-8H,1-4H3,(H,13,14);1H4. The molecule has 7 rings (SSSR count). The number of ether oxygens (including phenoxy) is 4. The molecular formula is C81H122N8O13S. The summed E-state index contributed by atoms with van der Waals surface area (Å²) < 4.78 is 45.3. The molecule has 570 valence electrons. The zero-order chi connectivity index (χ0) is 77.5. The number of amides is 6. The lowest BCUT2D eigenvalue weighted by Gasteiger charge is -2.19. The molecule has 6 amide bonds. The van der Waals surface area contributed by atoms with Crippen molar-refractivity contribution in [2.45, 2.75) is 203 Å². The molecule has 1 heterocycles. The minimum atomic E-state index is -3.49. The molecule has 0 spiro atoms. The number of nitrogens with zero attached hydrogens (tertiary/aromatic N) is 1. The number of anilines is 4. The highest BCUT2D eigenvalue weighted by Gasteiger charge is 2.55. The van der Waals surface area contributed by atoms with Crippen molar-refractivity contribution in [3.8, 4) is 0 Å². The summed E-state index contributed by atoms with van der Waals surface area (Å²) in [7, 11) is -0.314. The Kier molecular flexibility index (Phi) is 38.0. The number of aromatic nitrogens is 1. The first-order valence-electron chi connectivity index (χ1n) is 34.4. The molecule has 0 bridgehead atoms. The molecule has 1 aromatic heterocycles. The molecule has 5 aromatic carbocycles. The summed E-state index contributed by atoms with van der Waals surface area (Å²) in [5.74, 6) is -0.388. The van der Waals surface area contributed by atoms with Crippen molar-refractivity contribution < 1.29 is 61.2 Å². The van der Waals surface area contributed by atoms with Gasteiger partial charge in [-0.05, 0) is 152 Å². The van der Waals surface area contributed by atoms with Gasteiger partial charge in [0.1, 0.15) is 17.8 Å². The van der Waals surface area contributed by atoms with Gasteiger partial charge < -0.3 is 45.7 Å². The van der Waals surface area contributed by atoms with Gasteiger partial charge in [0.15, 0.2) is 0 Å². The van der Waals surface area contributed by atoms with Crippen molar-refractivity contribution in [2.75, 3.05) is 81.6 Å². The molecule has 0 radical (unpaired) electrons. The number of hydrogen-bond acceptors (Lipinski definition) is 14. The van der Waals surface area contributed by atoms with Gasteiger partial charge in [-0.3, -0.25) is 29.8 Å². The second-order valence-electron chi connectivity index (χ2n) is 30.7. The first-order valence-corrected chi connectivity index (χ1v) is 35.8. The van der Waals surface area contributed by atoms with E-state index in [9.17, 15) is 37.2 Å². The van der Waals surface area contributed by atoms with Gasteiger partial charge in [0, 0.05) is 63.1 Å². The van der Waals surface area contributed by atoms with E-state index in [1.54, 1.807) is 38.6 Å². The predicted octanol–water partition coefficient (Wildman–Crippen LogP) is 15.9. The molecule has 1 saturated carbocycles. The van der Waals surface area contributed by atoms with Crippen molar-refractivity contribution in [3.05, 3.63) is 179 Å². The van der Waals surface area contributed by atoms with E-state index in [0.717, 1.165) is 40.0 Å². The van der Waals surface area contributed by atoms with E-state index in [-0.39, 0.29) is 82.3 Å². The number of aliphatic hydroxyl groups excluding tert-OH is 1. The Morgan fingerprint density at radius 1 is 0.505 bits per heavy atom. The van der Waals surface area contributed by atoms with Crippen molar-refractivity contribution in [2.24, 2.45) is 11.1 Å². The lowest BCUT2D eigenvalue weighted by atomic mass is 9.86. The predicted molar refractivity (Wildman–Crippen MR) is 418 cm³/mol. The number of sulfonamides is 1. The number of hydrogen-bond donors (Lipinski definition) is 8. The summed E-state index contributed by atoms with van der Waals surface area (Å²) >= 11 is 0. The van der Waals surface area contributed by atoms with E-state index < -0.39 is 33.5 Å². The van der Waals surface area contributed by atoms with Crippen LogP contribution >= 0.6 is 0 Å². The molecular weight excluding hydrogens is 1330 g/mol. The van der Waals surface area contributed by atoms with Crippen LogP contribution in [0.15, 0.2) is 145 Å². The molecule has 1 aliphatic rings. The maximum absolute atomic E-state index is 12.0. The molecule has 9 N–H and O–H groups in total. The average molecular weight is 1450 g/mol. The largest absolute Gasteiger partial charge is 0.449 e. The third-order valence-corrected chi connectivity index (χ3v) is 17.0. The Balaban J connectivity index is 0.000000618. The van der Waals surface area contributed by atoms with Crippen LogP contribution < -0.4 is 37.0 Å². The fraction of sp³-hybridized carbons (Fsp3) is 0.494. The Labute approximate surface area is 615 Å². The molecule has 0 atom stereocenters. The molecule has 6 aromatic rings. The van der Waals surface area contributed by atoms with E-state index in [2.05, 4.69) is 161 Å². The summed E-state index contributed by atoms with van der Waals surface area (Å²) in [5.41, 5.74) is 14.7. The average Bonchev–Trinajstić information content (AvgIpc) is 1.62. The van der Waals surface area contributed by atoms with E-state index in [1.165, 1.54) is 18.1 Å². The number of nitrogens with two attached hydrogens (primary N) is 1. The summed E-state index contributed by atoms with van der Waals surface area (Å²) in [5, 5.41) is 22.2. The van der Waals surface area contributed by atoms with Gasteiger partial charge in [0.25, 0.3) is 5.91 Å². The number of aliphatic hydroxyl groups is 1. The summed E-state index contributed by atoms with van der Waals surface area (Å²) in [4.78, 5) is 73.0. The van der Waals surface area contributed by atoms with Crippen LogP contribution in [-0.2, 0) is 75.8 Å². The zero-order valence-electron chi connectivity index (χ0n) is 64.6. The summed E-state index contributed by atoms with van der Waals surface area (Å²) in [6.07, 6.45) is 2.77. The Bertz CT molecular complexity index is 3690. The van der Waals surface area contributed by atoms with Gasteiger partial charge in [-0.15, -0.1) is 0 Å². The Morgan fingerprint density at radius 2 is 0.942 bits per heavy atom. The fourth-order valence-corrected chi connectivity index (χ4v) is 9.87. The van der Waals surface area contributed by atoms with E-state index in [1.807, 2.05) is 122 Å². The highest BCUT2D eigenvalue weighted by Crippen LogP contribution is 2.46. The maximum atomic E-state index is 12.0. The minimum Gasteiger partial charge on any atom is -0.449 e. The second kappa shape index (κ2) is 42.3. The Hall–Kier alpha value is -8.54. The van der Waals surface area contributed by atoms with Crippen molar-refractivity contribution in [1.29, 1.82) is 0 Å². The monoisotopic (exact) mass is 1450 g/mol. The third kappa shape index (κ3) is 35.0. The fourth-order valence-electron chi connectivity index (χ4n) is 8.85. The number of carbonyl (C=O) groups is 6. The van der Waals surface area contributed by atoms with Crippen molar-refractivity contribution >= 4 is 68.7 Å². The van der Waals surface area contributed by atoms with Crippen LogP contribution in [0.3, 0.4) is 0 Å². The lowest BCUT2D eigenvalue weighted by Crippen LogP contribution is -2.36. The molecule has 0 unspecified atom stereocenters. The van der Waals surface area contributed by atoms with Gasteiger partial charge >= 0.3 is 12.2 Å². The SMILES string of the molecule is C.CC(=O)Nc1ccc(C(C)(C)C)cc1.CC(C)(C)c1ccc(NC(=O)C2(C(N)=O)CC2)cc1.CC(C)(C)c1ccc(S(=O)(=O)NCCO)cc1.CCCOC(=O)Nc1ccc(C(C)(C)C)cn1.COCCNC(=O)c1cccc(C(C)(C)C)c1.COCCOC(=O)Nc1cccc(C(C)(C)C)c1. The number of rotatable bonds is 19. The van der Waals surface area contributed by atoms with Gasteiger partial charge in [-0.25, -0.2) is 27.7 Å². The van der Waals surface area contributed by atoms with Crippen LogP contribution in [0, 0.1) is 5.41 Å². The van der Waals surface area contributed by atoms with Gasteiger partial charge in [-0.1, -0.05) is 206 Å². The second-order valence-corrected chi connectivity index (χ2v) is 32.5. The number of primary amides is 1.